The quantitative estimate of drug-likeness (QED) is 0.782. The molecule has 4 nitrogen and oxygen atoms in total. The molecular weight excluding hydrogens is 228 g/mol. The summed E-state index contributed by atoms with van der Waals surface area (Å²) >= 11 is 0. The van der Waals surface area contributed by atoms with Gasteiger partial charge in [0.05, 0.1) is 17.8 Å². The summed E-state index contributed by atoms with van der Waals surface area (Å²) in [5.74, 6) is 0. The van der Waals surface area contributed by atoms with Crippen LogP contribution in [0.25, 0.3) is 0 Å². The van der Waals surface area contributed by atoms with Gasteiger partial charge in [-0.05, 0) is 34.1 Å². The largest absolute Gasteiger partial charge is 0.395 e. The Labute approximate surface area is 111 Å². The van der Waals surface area contributed by atoms with Gasteiger partial charge in [-0.2, -0.15) is 0 Å². The molecule has 0 radical (unpaired) electrons. The predicted molar refractivity (Wildman–Crippen MR) is 74.6 cm³/mol. The van der Waals surface area contributed by atoms with E-state index in [1.54, 1.807) is 0 Å². The third-order valence-electron chi connectivity index (χ3n) is 3.49. The van der Waals surface area contributed by atoms with Crippen molar-refractivity contribution in [1.82, 2.24) is 4.90 Å². The Bertz CT molecular complexity index is 251. The first kappa shape index (κ1) is 15.9. The molecule has 3 N–H and O–H groups in total. The van der Waals surface area contributed by atoms with Crippen LogP contribution in [0.15, 0.2) is 0 Å². The van der Waals surface area contributed by atoms with E-state index in [0.29, 0.717) is 0 Å². The van der Waals surface area contributed by atoms with Crippen LogP contribution in [0.1, 0.15) is 47.5 Å². The molecule has 1 aliphatic heterocycles. The van der Waals surface area contributed by atoms with E-state index >= 15 is 0 Å². The molecule has 0 aromatic rings. The van der Waals surface area contributed by atoms with Gasteiger partial charge in [0.15, 0.2) is 0 Å². The number of morpholine rings is 1. The molecule has 1 fully saturated rings. The van der Waals surface area contributed by atoms with Gasteiger partial charge in [0, 0.05) is 25.2 Å². The number of hydrogen-bond donors (Lipinski definition) is 2. The van der Waals surface area contributed by atoms with Gasteiger partial charge in [0.2, 0.25) is 0 Å². The van der Waals surface area contributed by atoms with E-state index in [1.165, 1.54) is 0 Å². The number of rotatable bonds is 5. The molecule has 1 heterocycles. The van der Waals surface area contributed by atoms with Crippen LogP contribution in [0, 0.1) is 0 Å². The predicted octanol–water partition coefficient (Wildman–Crippen LogP) is 1.36. The monoisotopic (exact) mass is 258 g/mol. The van der Waals surface area contributed by atoms with Crippen molar-refractivity contribution in [2.75, 3.05) is 19.7 Å². The van der Waals surface area contributed by atoms with E-state index in [0.717, 1.165) is 25.9 Å². The average molecular weight is 258 g/mol. The Morgan fingerprint density at radius 3 is 2.11 bits per heavy atom. The van der Waals surface area contributed by atoms with E-state index in [9.17, 15) is 5.11 Å². The Kier molecular flexibility index (Phi) is 5.18. The minimum atomic E-state index is -0.193. The van der Waals surface area contributed by atoms with Crippen molar-refractivity contribution in [2.45, 2.75) is 70.7 Å². The van der Waals surface area contributed by atoms with Crippen LogP contribution >= 0.6 is 0 Å². The van der Waals surface area contributed by atoms with E-state index < -0.39 is 0 Å². The molecule has 0 saturated carbocycles. The van der Waals surface area contributed by atoms with Gasteiger partial charge in [0.1, 0.15) is 0 Å². The van der Waals surface area contributed by atoms with Crippen LogP contribution < -0.4 is 5.73 Å². The molecule has 0 aliphatic carbocycles. The normalized spacial score (nSPS) is 26.8. The van der Waals surface area contributed by atoms with Gasteiger partial charge in [-0.25, -0.2) is 0 Å². The average Bonchev–Trinajstić information content (AvgIpc) is 2.13. The molecule has 0 bridgehead atoms. The zero-order valence-corrected chi connectivity index (χ0v) is 12.6. The second-order valence-corrected chi connectivity index (χ2v) is 6.73. The van der Waals surface area contributed by atoms with Gasteiger partial charge in [-0.15, -0.1) is 0 Å². The highest BCUT2D eigenvalue weighted by Gasteiger charge is 2.41. The van der Waals surface area contributed by atoms with Crippen molar-refractivity contribution >= 4 is 0 Å². The molecule has 0 aromatic heterocycles. The summed E-state index contributed by atoms with van der Waals surface area (Å²) in [7, 11) is 0. The van der Waals surface area contributed by atoms with Crippen molar-refractivity contribution in [3.8, 4) is 0 Å². The summed E-state index contributed by atoms with van der Waals surface area (Å²) in [4.78, 5) is 2.30. The topological polar surface area (TPSA) is 58.7 Å². The fraction of sp³-hybridized carbons (Fsp3) is 1.00. The van der Waals surface area contributed by atoms with Crippen LogP contribution in [0.3, 0.4) is 0 Å². The van der Waals surface area contributed by atoms with Crippen LogP contribution in [-0.4, -0.2) is 53.0 Å². The second kappa shape index (κ2) is 5.87. The maximum Gasteiger partial charge on any atom is 0.0760 e. The molecular formula is C14H30N2O2. The van der Waals surface area contributed by atoms with Crippen LogP contribution in [0.4, 0.5) is 0 Å². The van der Waals surface area contributed by atoms with Crippen molar-refractivity contribution < 1.29 is 9.84 Å². The number of ether oxygens (including phenoxy) is 1. The third kappa shape index (κ3) is 4.19. The Balaban J connectivity index is 2.79. The van der Waals surface area contributed by atoms with Gasteiger partial charge in [-0.1, -0.05) is 13.3 Å². The maximum absolute atomic E-state index is 9.65. The first-order valence-corrected chi connectivity index (χ1v) is 7.01. The fourth-order valence-corrected chi connectivity index (χ4v) is 3.13. The van der Waals surface area contributed by atoms with Crippen LogP contribution in [-0.2, 0) is 4.74 Å². The molecule has 0 spiro atoms. The van der Waals surface area contributed by atoms with E-state index in [1.807, 2.05) is 0 Å². The minimum absolute atomic E-state index is 0.0321. The summed E-state index contributed by atoms with van der Waals surface area (Å²) in [5, 5.41) is 9.65. The lowest BCUT2D eigenvalue weighted by atomic mass is 9.94. The van der Waals surface area contributed by atoms with E-state index in [2.05, 4.69) is 39.5 Å². The molecule has 0 aromatic carbocycles. The lowest BCUT2D eigenvalue weighted by molar-refractivity contribution is -0.191. The van der Waals surface area contributed by atoms with Gasteiger partial charge >= 0.3 is 0 Å². The van der Waals surface area contributed by atoms with Crippen LogP contribution in [0.5, 0.6) is 0 Å². The zero-order chi connectivity index (χ0) is 14.0. The molecule has 2 unspecified atom stereocenters. The summed E-state index contributed by atoms with van der Waals surface area (Å²) in [5.41, 5.74) is 5.82. The highest BCUT2D eigenvalue weighted by atomic mass is 16.5. The summed E-state index contributed by atoms with van der Waals surface area (Å²) in [6, 6.07) is 0.0668. The van der Waals surface area contributed by atoms with Crippen molar-refractivity contribution in [1.29, 1.82) is 0 Å². The molecule has 108 valence electrons. The van der Waals surface area contributed by atoms with Crippen molar-refractivity contribution in [3.05, 3.63) is 0 Å². The van der Waals surface area contributed by atoms with E-state index in [4.69, 9.17) is 10.5 Å². The molecule has 0 amide bonds. The lowest BCUT2D eigenvalue weighted by Gasteiger charge is -2.50. The Morgan fingerprint density at radius 1 is 1.22 bits per heavy atom. The summed E-state index contributed by atoms with van der Waals surface area (Å²) in [6.07, 6.45) is 2.00. The van der Waals surface area contributed by atoms with Crippen molar-refractivity contribution in [2.24, 2.45) is 5.73 Å². The highest BCUT2D eigenvalue weighted by Crippen LogP contribution is 2.29. The SMILES string of the molecule is CCCC(N)C(CO)N1CC(C)(C)OC(C)(C)C1. The van der Waals surface area contributed by atoms with Gasteiger partial charge in [-0.3, -0.25) is 4.90 Å². The van der Waals surface area contributed by atoms with Crippen molar-refractivity contribution in [3.63, 3.8) is 0 Å². The first-order valence-electron chi connectivity index (χ1n) is 7.01. The summed E-state index contributed by atoms with van der Waals surface area (Å²) < 4.78 is 6.06. The number of nitrogens with zero attached hydrogens (tertiary/aromatic N) is 1. The smallest absolute Gasteiger partial charge is 0.0760 e. The molecule has 1 rings (SSSR count). The Hall–Kier alpha value is -0.160. The van der Waals surface area contributed by atoms with Gasteiger partial charge in [0.25, 0.3) is 0 Å². The molecule has 18 heavy (non-hydrogen) atoms. The summed E-state index contributed by atoms with van der Waals surface area (Å²) in [6.45, 7) is 12.3. The maximum atomic E-state index is 9.65. The van der Waals surface area contributed by atoms with E-state index in [-0.39, 0.29) is 29.9 Å². The molecule has 1 aliphatic rings. The number of aliphatic hydroxyl groups excluding tert-OH is 1. The van der Waals surface area contributed by atoms with Crippen LogP contribution in [0.2, 0.25) is 0 Å². The number of aliphatic hydroxyl groups is 1. The zero-order valence-electron chi connectivity index (χ0n) is 12.6. The molecule has 4 heteroatoms. The standard InChI is InChI=1S/C14H30N2O2/c1-6-7-11(15)12(8-17)16-9-13(2,3)18-14(4,5)10-16/h11-12,17H,6-10,15H2,1-5H3. The second-order valence-electron chi connectivity index (χ2n) is 6.73. The highest BCUT2D eigenvalue weighted by molar-refractivity contribution is 4.94. The number of nitrogens with two attached hydrogens (primary N) is 1. The van der Waals surface area contributed by atoms with Gasteiger partial charge < -0.3 is 15.6 Å². The Morgan fingerprint density at radius 2 is 1.72 bits per heavy atom. The number of hydrogen-bond acceptors (Lipinski definition) is 4. The first-order chi connectivity index (χ1) is 8.21. The molecule has 2 atom stereocenters. The fourth-order valence-electron chi connectivity index (χ4n) is 3.13. The lowest BCUT2D eigenvalue weighted by Crippen LogP contribution is -2.63. The third-order valence-corrected chi connectivity index (χ3v) is 3.49. The molecule has 1 saturated heterocycles. The minimum Gasteiger partial charge on any atom is -0.395 e.